The number of aromatic nitrogens is 2. The van der Waals surface area contributed by atoms with Crippen molar-refractivity contribution >= 4 is 44.6 Å². The maximum atomic E-state index is 13.0. The van der Waals surface area contributed by atoms with E-state index in [0.717, 1.165) is 37.1 Å². The molecular weight excluding hydrogens is 522 g/mol. The van der Waals surface area contributed by atoms with E-state index in [9.17, 15) is 8.42 Å². The summed E-state index contributed by atoms with van der Waals surface area (Å²) in [5.41, 5.74) is 2.36. The van der Waals surface area contributed by atoms with E-state index in [1.54, 1.807) is 44.2 Å². The second kappa shape index (κ2) is 11.9. The highest BCUT2D eigenvalue weighted by Crippen LogP contribution is 2.37. The molecule has 1 aromatic heterocycles. The fraction of sp³-hybridized carbons (Fsp3) is 0.429. The Morgan fingerprint density at radius 1 is 1.13 bits per heavy atom. The molecule has 0 aliphatic carbocycles. The molecule has 0 amide bonds. The maximum Gasteiger partial charge on any atom is 0.229 e. The number of nitrogens with zero attached hydrogens (tertiary/aromatic N) is 2. The van der Waals surface area contributed by atoms with E-state index in [2.05, 4.69) is 25.9 Å². The van der Waals surface area contributed by atoms with Gasteiger partial charge in [0.1, 0.15) is 10.8 Å². The second-order valence-electron chi connectivity index (χ2n) is 9.46. The average molecular weight is 564 g/mol. The molecule has 0 radical (unpaired) electrons. The van der Waals surface area contributed by atoms with Gasteiger partial charge in [0.25, 0.3) is 0 Å². The van der Waals surface area contributed by atoms with Crippen LogP contribution in [0, 0.1) is 6.92 Å². The zero-order chi connectivity index (χ0) is 32.4. The van der Waals surface area contributed by atoms with Crippen molar-refractivity contribution in [1.29, 1.82) is 0 Å². The molecule has 10 heteroatoms. The standard InChI is InChI=1S/C28H36ClN5O3S/c1-17(2)37-25-15-21(20-10-12-30-13-11-20)19(5)14-24(25)33-28-31-16-22(29)27(34-28)32-23-8-6-7-9-26(23)38(35,36)18(3)4/h6-9,14-18,20,30H,10-13H2,1-5H3,(H2,31,32,33,34)/i1D3,2D3. The van der Waals surface area contributed by atoms with Gasteiger partial charge in [-0.3, -0.25) is 0 Å². The van der Waals surface area contributed by atoms with Gasteiger partial charge in [0.15, 0.2) is 15.7 Å². The van der Waals surface area contributed by atoms with Crippen molar-refractivity contribution in [3.05, 3.63) is 58.7 Å². The zero-order valence-electron chi connectivity index (χ0n) is 27.5. The van der Waals surface area contributed by atoms with Crippen LogP contribution in [0.3, 0.4) is 0 Å². The molecule has 1 fully saturated rings. The van der Waals surface area contributed by atoms with Crippen LogP contribution in [0.2, 0.25) is 5.02 Å². The Hall–Kier alpha value is -2.88. The monoisotopic (exact) mass is 563 g/mol. The Kier molecular flexibility index (Phi) is 6.57. The molecule has 3 N–H and O–H groups in total. The lowest BCUT2D eigenvalue weighted by Gasteiger charge is -2.26. The summed E-state index contributed by atoms with van der Waals surface area (Å²) in [6.07, 6.45) is 0.960. The van der Waals surface area contributed by atoms with E-state index >= 15 is 0 Å². The Bertz CT molecular complexity index is 1580. The molecule has 0 atom stereocenters. The van der Waals surface area contributed by atoms with Crippen molar-refractivity contribution in [2.45, 2.75) is 69.5 Å². The molecule has 3 aromatic rings. The number of hydrogen-bond donors (Lipinski definition) is 3. The summed E-state index contributed by atoms with van der Waals surface area (Å²) in [6.45, 7) is 0.881. The smallest absolute Gasteiger partial charge is 0.229 e. The van der Waals surface area contributed by atoms with Gasteiger partial charge in [-0.1, -0.05) is 23.7 Å². The molecule has 204 valence electrons. The van der Waals surface area contributed by atoms with E-state index < -0.39 is 34.9 Å². The highest BCUT2D eigenvalue weighted by atomic mass is 35.5. The SMILES string of the molecule is [2H]C([2H])([2H])C(Oc1cc(C2CCNCC2)c(C)cc1Nc1ncc(Cl)c(Nc2ccccc2S(=O)(=O)C(C)C)n1)C([2H])([2H])[2H]. The highest BCUT2D eigenvalue weighted by Gasteiger charge is 2.24. The number of hydrogen-bond acceptors (Lipinski definition) is 8. The summed E-state index contributed by atoms with van der Waals surface area (Å²) in [4.78, 5) is 8.76. The molecule has 1 aliphatic rings. The molecule has 1 saturated heterocycles. The van der Waals surface area contributed by atoms with Crippen molar-refractivity contribution in [2.75, 3.05) is 23.7 Å². The van der Waals surface area contributed by atoms with Crippen molar-refractivity contribution in [3.63, 3.8) is 0 Å². The van der Waals surface area contributed by atoms with Gasteiger partial charge in [-0.15, -0.1) is 0 Å². The summed E-state index contributed by atoms with van der Waals surface area (Å²) >= 11 is 6.39. The molecule has 2 heterocycles. The fourth-order valence-electron chi connectivity index (χ4n) is 4.43. The number of nitrogens with one attached hydrogen (secondary N) is 3. The minimum absolute atomic E-state index is 0.0271. The minimum atomic E-state index is -3.64. The van der Waals surface area contributed by atoms with Gasteiger partial charge in [-0.25, -0.2) is 13.4 Å². The number of aryl methyl sites for hydroxylation is 1. The Balaban J connectivity index is 1.74. The first kappa shape index (κ1) is 21.0. The van der Waals surface area contributed by atoms with Crippen LogP contribution in [-0.2, 0) is 9.84 Å². The zero-order valence-corrected chi connectivity index (χ0v) is 23.1. The lowest BCUT2D eigenvalue weighted by Crippen LogP contribution is -2.27. The Labute approximate surface area is 238 Å². The second-order valence-corrected chi connectivity index (χ2v) is 12.3. The third kappa shape index (κ3) is 6.39. The summed E-state index contributed by atoms with van der Waals surface area (Å²) in [7, 11) is -3.64. The molecule has 4 rings (SSSR count). The minimum Gasteiger partial charge on any atom is -0.489 e. The summed E-state index contributed by atoms with van der Waals surface area (Å²) < 4.78 is 78.8. The van der Waals surface area contributed by atoms with Crippen molar-refractivity contribution in [1.82, 2.24) is 15.3 Å². The van der Waals surface area contributed by atoms with Crippen molar-refractivity contribution < 1.29 is 21.4 Å². The van der Waals surface area contributed by atoms with Gasteiger partial charge in [0.2, 0.25) is 5.95 Å². The van der Waals surface area contributed by atoms with Gasteiger partial charge in [0, 0.05) is 8.22 Å². The van der Waals surface area contributed by atoms with E-state index in [1.165, 1.54) is 12.3 Å². The van der Waals surface area contributed by atoms with E-state index in [0.29, 0.717) is 0 Å². The number of halogens is 1. The number of ether oxygens (including phenoxy) is 1. The van der Waals surface area contributed by atoms with E-state index in [1.807, 2.05) is 6.92 Å². The summed E-state index contributed by atoms with van der Waals surface area (Å²) in [5.74, 6) is 0.349. The first-order chi connectivity index (χ1) is 20.5. The highest BCUT2D eigenvalue weighted by molar-refractivity contribution is 7.92. The summed E-state index contributed by atoms with van der Waals surface area (Å²) in [5, 5.41) is 8.79. The molecule has 0 unspecified atom stereocenters. The van der Waals surface area contributed by atoms with Crippen LogP contribution < -0.4 is 20.7 Å². The number of piperidine rings is 1. The molecular formula is C28H36ClN5O3S. The Morgan fingerprint density at radius 2 is 1.87 bits per heavy atom. The van der Waals surface area contributed by atoms with Crippen LogP contribution in [0.1, 0.15) is 65.7 Å². The number of anilines is 4. The van der Waals surface area contributed by atoms with Gasteiger partial charge in [-0.2, -0.15) is 4.98 Å². The van der Waals surface area contributed by atoms with Crippen LogP contribution in [0.25, 0.3) is 0 Å². The molecule has 0 saturated carbocycles. The number of para-hydroxylation sites is 1. The number of sulfone groups is 1. The predicted octanol–water partition coefficient (Wildman–Crippen LogP) is 6.36. The Morgan fingerprint density at radius 3 is 2.58 bits per heavy atom. The lowest BCUT2D eigenvalue weighted by molar-refractivity contribution is 0.243. The normalized spacial score (nSPS) is 17.6. The van der Waals surface area contributed by atoms with Gasteiger partial charge in [0.05, 0.1) is 33.8 Å². The molecule has 38 heavy (non-hydrogen) atoms. The fourth-order valence-corrected chi connectivity index (χ4v) is 5.77. The van der Waals surface area contributed by atoms with Crippen LogP contribution in [0.15, 0.2) is 47.5 Å². The first-order valence-corrected chi connectivity index (χ1v) is 14.3. The third-order valence-corrected chi connectivity index (χ3v) is 8.94. The van der Waals surface area contributed by atoms with Gasteiger partial charge in [-0.05, 0) is 102 Å². The van der Waals surface area contributed by atoms with Crippen molar-refractivity contribution in [2.24, 2.45) is 0 Å². The molecule has 0 bridgehead atoms. The largest absolute Gasteiger partial charge is 0.489 e. The first-order valence-electron chi connectivity index (χ1n) is 15.4. The van der Waals surface area contributed by atoms with Crippen LogP contribution in [0.5, 0.6) is 5.75 Å². The van der Waals surface area contributed by atoms with Gasteiger partial charge >= 0.3 is 0 Å². The number of rotatable bonds is 9. The van der Waals surface area contributed by atoms with Crippen molar-refractivity contribution in [3.8, 4) is 5.75 Å². The van der Waals surface area contributed by atoms with Crippen LogP contribution in [-0.4, -0.2) is 42.8 Å². The van der Waals surface area contributed by atoms with Crippen LogP contribution >= 0.6 is 11.6 Å². The predicted molar refractivity (Wildman–Crippen MR) is 154 cm³/mol. The average Bonchev–Trinajstić information content (AvgIpc) is 2.93. The molecule has 2 aromatic carbocycles. The molecule has 8 nitrogen and oxygen atoms in total. The van der Waals surface area contributed by atoms with Gasteiger partial charge < -0.3 is 20.7 Å². The number of benzene rings is 2. The van der Waals surface area contributed by atoms with Crippen LogP contribution in [0.4, 0.5) is 23.1 Å². The lowest BCUT2D eigenvalue weighted by atomic mass is 9.87. The third-order valence-electron chi connectivity index (χ3n) is 6.45. The van der Waals surface area contributed by atoms with E-state index in [-0.39, 0.29) is 44.7 Å². The molecule has 1 aliphatic heterocycles. The quantitative estimate of drug-likeness (QED) is 0.276. The molecule has 0 spiro atoms. The summed E-state index contributed by atoms with van der Waals surface area (Å²) in [6, 6.07) is 9.84. The van der Waals surface area contributed by atoms with E-state index in [4.69, 9.17) is 24.6 Å². The maximum absolute atomic E-state index is 13.0. The topological polar surface area (TPSA) is 105 Å².